The number of nitrogens with two attached hydrogens (primary N) is 1. The number of benzene rings is 1. The molecule has 0 saturated carbocycles. The number of hydrogen-bond donors (Lipinski definition) is 2. The summed E-state index contributed by atoms with van der Waals surface area (Å²) in [5, 5.41) is 4.88. The van der Waals surface area contributed by atoms with Crippen molar-refractivity contribution in [3.05, 3.63) is 58.3 Å². The van der Waals surface area contributed by atoms with Crippen molar-refractivity contribution in [3.63, 3.8) is 0 Å². The summed E-state index contributed by atoms with van der Waals surface area (Å²) in [5.41, 5.74) is 7.03. The normalized spacial score (nSPS) is 12.9. The van der Waals surface area contributed by atoms with E-state index in [0.29, 0.717) is 6.54 Å². The minimum Gasteiger partial charge on any atom is -0.354 e. The number of carbonyl (C=O) groups excluding carboxylic acids is 1. The third-order valence-corrected chi connectivity index (χ3v) is 4.35. The first-order valence-corrected chi connectivity index (χ1v) is 7.51. The SMILES string of the molecule is CC(C)(CNC(=O)C(N)c1cccs1)c1ccccc1. The van der Waals surface area contributed by atoms with Crippen molar-refractivity contribution in [2.24, 2.45) is 5.73 Å². The molecule has 0 bridgehead atoms. The Labute approximate surface area is 123 Å². The number of hydrogen-bond acceptors (Lipinski definition) is 3. The molecule has 106 valence electrons. The van der Waals surface area contributed by atoms with E-state index in [-0.39, 0.29) is 11.3 Å². The van der Waals surface area contributed by atoms with E-state index < -0.39 is 6.04 Å². The van der Waals surface area contributed by atoms with E-state index in [1.54, 1.807) is 0 Å². The van der Waals surface area contributed by atoms with Gasteiger partial charge in [-0.3, -0.25) is 4.79 Å². The minimum absolute atomic E-state index is 0.119. The number of carbonyl (C=O) groups is 1. The van der Waals surface area contributed by atoms with E-state index in [4.69, 9.17) is 5.73 Å². The van der Waals surface area contributed by atoms with E-state index in [1.165, 1.54) is 16.9 Å². The second kappa shape index (κ2) is 6.20. The Morgan fingerprint density at radius 2 is 1.95 bits per heavy atom. The molecule has 4 heteroatoms. The standard InChI is InChI=1S/C16H20N2OS/c1-16(2,12-7-4-3-5-8-12)11-18-15(19)14(17)13-9-6-10-20-13/h3-10,14H,11,17H2,1-2H3,(H,18,19). The molecule has 0 saturated heterocycles. The second-order valence-electron chi connectivity index (χ2n) is 5.46. The summed E-state index contributed by atoms with van der Waals surface area (Å²) in [7, 11) is 0. The lowest BCUT2D eigenvalue weighted by Gasteiger charge is -2.26. The molecule has 0 fully saturated rings. The summed E-state index contributed by atoms with van der Waals surface area (Å²) in [5.74, 6) is -0.128. The summed E-state index contributed by atoms with van der Waals surface area (Å²) < 4.78 is 0. The van der Waals surface area contributed by atoms with Gasteiger partial charge in [0.2, 0.25) is 5.91 Å². The third kappa shape index (κ3) is 3.46. The molecule has 1 heterocycles. The molecule has 0 radical (unpaired) electrons. The molecule has 3 nitrogen and oxygen atoms in total. The predicted molar refractivity (Wildman–Crippen MR) is 83.7 cm³/mol. The molecule has 0 spiro atoms. The van der Waals surface area contributed by atoms with Crippen LogP contribution in [0.15, 0.2) is 47.8 Å². The molecule has 0 aliphatic rings. The van der Waals surface area contributed by atoms with Gasteiger partial charge in [0.15, 0.2) is 0 Å². The molecule has 0 aliphatic carbocycles. The monoisotopic (exact) mass is 288 g/mol. The predicted octanol–water partition coefficient (Wildman–Crippen LogP) is 2.84. The first kappa shape index (κ1) is 14.8. The zero-order valence-electron chi connectivity index (χ0n) is 11.8. The zero-order valence-corrected chi connectivity index (χ0v) is 12.6. The molecule has 1 atom stereocenters. The van der Waals surface area contributed by atoms with E-state index in [9.17, 15) is 4.79 Å². The lowest BCUT2D eigenvalue weighted by molar-refractivity contribution is -0.122. The highest BCUT2D eigenvalue weighted by Crippen LogP contribution is 2.22. The Morgan fingerprint density at radius 3 is 2.55 bits per heavy atom. The van der Waals surface area contributed by atoms with Gasteiger partial charge >= 0.3 is 0 Å². The first-order valence-electron chi connectivity index (χ1n) is 6.63. The summed E-state index contributed by atoms with van der Waals surface area (Å²) in [6.45, 7) is 4.79. The Hall–Kier alpha value is -1.65. The molecule has 1 aromatic heterocycles. The van der Waals surface area contributed by atoms with Gasteiger partial charge in [0.1, 0.15) is 6.04 Å². The topological polar surface area (TPSA) is 55.1 Å². The molecule has 1 amide bonds. The lowest BCUT2D eigenvalue weighted by atomic mass is 9.84. The molecule has 20 heavy (non-hydrogen) atoms. The summed E-state index contributed by atoms with van der Waals surface area (Å²) in [6, 6.07) is 13.4. The fourth-order valence-corrected chi connectivity index (χ4v) is 2.73. The minimum atomic E-state index is -0.582. The smallest absolute Gasteiger partial charge is 0.242 e. The Morgan fingerprint density at radius 1 is 1.25 bits per heavy atom. The van der Waals surface area contributed by atoms with Crippen LogP contribution < -0.4 is 11.1 Å². The van der Waals surface area contributed by atoms with Gasteiger partial charge in [-0.15, -0.1) is 11.3 Å². The Bertz CT molecular complexity index is 549. The molecule has 1 aromatic carbocycles. The molecule has 0 aliphatic heterocycles. The molecule has 2 aromatic rings. The fourth-order valence-electron chi connectivity index (χ4n) is 2.01. The Kier molecular flexibility index (Phi) is 4.57. The zero-order chi connectivity index (χ0) is 14.6. The lowest BCUT2D eigenvalue weighted by Crippen LogP contribution is -2.41. The van der Waals surface area contributed by atoms with Crippen LogP contribution in [0.2, 0.25) is 0 Å². The molecule has 2 rings (SSSR count). The maximum atomic E-state index is 12.1. The van der Waals surface area contributed by atoms with Crippen molar-refractivity contribution < 1.29 is 4.79 Å². The largest absolute Gasteiger partial charge is 0.354 e. The van der Waals surface area contributed by atoms with Gasteiger partial charge in [0.05, 0.1) is 0 Å². The maximum absolute atomic E-state index is 12.1. The van der Waals surface area contributed by atoms with Crippen molar-refractivity contribution in [2.75, 3.05) is 6.54 Å². The van der Waals surface area contributed by atoms with Gasteiger partial charge in [0.25, 0.3) is 0 Å². The van der Waals surface area contributed by atoms with Gasteiger partial charge in [-0.05, 0) is 17.0 Å². The highest BCUT2D eigenvalue weighted by Gasteiger charge is 2.23. The van der Waals surface area contributed by atoms with Gasteiger partial charge < -0.3 is 11.1 Å². The second-order valence-corrected chi connectivity index (χ2v) is 6.44. The van der Waals surface area contributed by atoms with E-state index in [0.717, 1.165) is 4.88 Å². The van der Waals surface area contributed by atoms with Crippen LogP contribution >= 0.6 is 11.3 Å². The summed E-state index contributed by atoms with van der Waals surface area (Å²) >= 11 is 1.50. The average Bonchev–Trinajstić information content (AvgIpc) is 2.99. The van der Waals surface area contributed by atoms with Gasteiger partial charge in [0, 0.05) is 16.8 Å². The molecule has 3 N–H and O–H groups in total. The van der Waals surface area contributed by atoms with Crippen molar-refractivity contribution >= 4 is 17.2 Å². The van der Waals surface area contributed by atoms with Crippen LogP contribution in [0, 0.1) is 0 Å². The molecular weight excluding hydrogens is 268 g/mol. The first-order chi connectivity index (χ1) is 9.50. The van der Waals surface area contributed by atoms with Crippen LogP contribution in [-0.4, -0.2) is 12.5 Å². The fraction of sp³-hybridized carbons (Fsp3) is 0.312. The van der Waals surface area contributed by atoms with Gasteiger partial charge in [-0.25, -0.2) is 0 Å². The van der Waals surface area contributed by atoms with Crippen molar-refractivity contribution in [2.45, 2.75) is 25.3 Å². The quantitative estimate of drug-likeness (QED) is 0.889. The third-order valence-electron chi connectivity index (χ3n) is 3.39. The van der Waals surface area contributed by atoms with E-state index >= 15 is 0 Å². The number of nitrogens with one attached hydrogen (secondary N) is 1. The van der Waals surface area contributed by atoms with Crippen LogP contribution in [0.5, 0.6) is 0 Å². The van der Waals surface area contributed by atoms with Crippen molar-refractivity contribution in [1.29, 1.82) is 0 Å². The van der Waals surface area contributed by atoms with Gasteiger partial charge in [-0.2, -0.15) is 0 Å². The van der Waals surface area contributed by atoms with Gasteiger partial charge in [-0.1, -0.05) is 50.2 Å². The maximum Gasteiger partial charge on any atom is 0.242 e. The van der Waals surface area contributed by atoms with Crippen LogP contribution in [-0.2, 0) is 10.2 Å². The average molecular weight is 288 g/mol. The van der Waals surface area contributed by atoms with Crippen molar-refractivity contribution in [3.8, 4) is 0 Å². The van der Waals surface area contributed by atoms with Crippen LogP contribution in [0.1, 0.15) is 30.3 Å². The van der Waals surface area contributed by atoms with Crippen LogP contribution in [0.3, 0.4) is 0 Å². The summed E-state index contributed by atoms with van der Waals surface area (Å²) in [4.78, 5) is 13.0. The summed E-state index contributed by atoms with van der Waals surface area (Å²) in [6.07, 6.45) is 0. The van der Waals surface area contributed by atoms with E-state index in [1.807, 2.05) is 35.7 Å². The molecular formula is C16H20N2OS. The van der Waals surface area contributed by atoms with Crippen LogP contribution in [0.4, 0.5) is 0 Å². The number of rotatable bonds is 5. The molecule has 1 unspecified atom stereocenters. The van der Waals surface area contributed by atoms with E-state index in [2.05, 4.69) is 31.3 Å². The Balaban J connectivity index is 1.96. The highest BCUT2D eigenvalue weighted by molar-refractivity contribution is 7.10. The number of thiophene rings is 1. The number of amides is 1. The van der Waals surface area contributed by atoms with Crippen molar-refractivity contribution in [1.82, 2.24) is 5.32 Å². The highest BCUT2D eigenvalue weighted by atomic mass is 32.1. The van der Waals surface area contributed by atoms with Crippen LogP contribution in [0.25, 0.3) is 0 Å².